The number of rotatable bonds is 4. The molecule has 0 bridgehead atoms. The Morgan fingerprint density at radius 3 is 2.56 bits per heavy atom. The van der Waals surface area contributed by atoms with Gasteiger partial charge >= 0.3 is 5.97 Å². The number of esters is 1. The number of halogens is 1. The van der Waals surface area contributed by atoms with Crippen molar-refractivity contribution in [3.05, 3.63) is 28.3 Å². The summed E-state index contributed by atoms with van der Waals surface area (Å²) in [7, 11) is 0. The second-order valence-corrected chi connectivity index (χ2v) is 5.66. The number of ether oxygens (including phenoxy) is 1. The first-order valence-corrected chi connectivity index (χ1v) is 7.50. The Morgan fingerprint density at radius 1 is 1.44 bits per heavy atom. The van der Waals surface area contributed by atoms with Gasteiger partial charge in [0.05, 0.1) is 6.10 Å². The zero-order valence-corrected chi connectivity index (χ0v) is 13.4. The summed E-state index contributed by atoms with van der Waals surface area (Å²) in [5.74, 6) is -0.442. The molecule has 0 fully saturated rings. The van der Waals surface area contributed by atoms with Crippen LogP contribution in [0.1, 0.15) is 40.9 Å². The molecule has 100 valence electrons. The Bertz CT molecular complexity index is 453. The number of aryl methyl sites for hydroxylation is 1. The highest BCUT2D eigenvalue weighted by Gasteiger charge is 2.20. The van der Waals surface area contributed by atoms with Crippen LogP contribution in [0.3, 0.4) is 0 Å². The first-order valence-electron chi connectivity index (χ1n) is 5.97. The lowest BCUT2D eigenvalue weighted by molar-refractivity contribution is 0.0373. The number of alkyl halides is 1. The van der Waals surface area contributed by atoms with E-state index in [0.29, 0.717) is 5.56 Å². The van der Waals surface area contributed by atoms with Crippen molar-refractivity contribution >= 4 is 28.6 Å². The molecule has 1 N–H and O–H groups in total. The molecule has 0 spiro atoms. The molecule has 18 heavy (non-hydrogen) atoms. The van der Waals surface area contributed by atoms with Crippen LogP contribution in [-0.4, -0.2) is 21.6 Å². The molecule has 0 saturated heterocycles. The Morgan fingerprint density at radius 2 is 2.06 bits per heavy atom. The minimum Gasteiger partial charge on any atom is -0.507 e. The summed E-state index contributed by atoms with van der Waals surface area (Å²) in [5.41, 5.74) is 3.27. The maximum absolute atomic E-state index is 12.0. The van der Waals surface area contributed by atoms with Crippen molar-refractivity contribution in [2.75, 3.05) is 4.43 Å². The number of phenols is 1. The molecule has 1 aromatic rings. The van der Waals surface area contributed by atoms with Gasteiger partial charge in [-0.15, -0.1) is 0 Å². The minimum atomic E-state index is -0.449. The maximum atomic E-state index is 12.0. The van der Waals surface area contributed by atoms with Crippen LogP contribution >= 0.6 is 22.6 Å². The topological polar surface area (TPSA) is 46.5 Å². The van der Waals surface area contributed by atoms with Crippen molar-refractivity contribution in [1.82, 2.24) is 0 Å². The molecule has 0 heterocycles. The quantitative estimate of drug-likeness (QED) is 0.506. The molecule has 0 saturated carbocycles. The number of phenolic OH excluding ortho intramolecular Hbond substituents is 1. The van der Waals surface area contributed by atoms with Crippen molar-refractivity contribution in [2.45, 2.75) is 40.2 Å². The molecule has 0 aromatic heterocycles. The molecule has 0 atom stereocenters. The predicted molar refractivity (Wildman–Crippen MR) is 80.7 cm³/mol. The van der Waals surface area contributed by atoms with Crippen LogP contribution in [-0.2, 0) is 11.2 Å². The van der Waals surface area contributed by atoms with Crippen LogP contribution < -0.4 is 0 Å². The van der Waals surface area contributed by atoms with Crippen molar-refractivity contribution in [3.63, 3.8) is 0 Å². The fourth-order valence-electron chi connectivity index (χ4n) is 2.01. The smallest absolute Gasteiger partial charge is 0.342 e. The third kappa shape index (κ3) is 3.37. The third-order valence-electron chi connectivity index (χ3n) is 2.80. The normalized spacial score (nSPS) is 10.8. The van der Waals surface area contributed by atoms with Crippen LogP contribution in [0.2, 0.25) is 0 Å². The number of carbonyl (C=O) groups is 1. The van der Waals surface area contributed by atoms with Gasteiger partial charge in [-0.1, -0.05) is 22.6 Å². The summed E-state index contributed by atoms with van der Waals surface area (Å²) >= 11 is 2.30. The van der Waals surface area contributed by atoms with Gasteiger partial charge in [0.1, 0.15) is 11.3 Å². The number of hydrogen-bond acceptors (Lipinski definition) is 3. The van der Waals surface area contributed by atoms with Gasteiger partial charge in [-0.2, -0.15) is 0 Å². The fraction of sp³-hybridized carbons (Fsp3) is 0.500. The van der Waals surface area contributed by atoms with Gasteiger partial charge in [0.15, 0.2) is 0 Å². The van der Waals surface area contributed by atoms with Crippen molar-refractivity contribution < 1.29 is 14.6 Å². The number of hydrogen-bond donors (Lipinski definition) is 1. The highest BCUT2D eigenvalue weighted by molar-refractivity contribution is 14.1. The van der Waals surface area contributed by atoms with Gasteiger partial charge in [0.25, 0.3) is 0 Å². The van der Waals surface area contributed by atoms with Crippen molar-refractivity contribution in [1.29, 1.82) is 0 Å². The Balaban J connectivity index is 3.26. The second-order valence-electron chi connectivity index (χ2n) is 4.58. The third-order valence-corrected chi connectivity index (χ3v) is 3.34. The summed E-state index contributed by atoms with van der Waals surface area (Å²) in [5, 5.41) is 9.95. The van der Waals surface area contributed by atoms with Crippen LogP contribution in [0, 0.1) is 13.8 Å². The lowest BCUT2D eigenvalue weighted by Gasteiger charge is -2.16. The summed E-state index contributed by atoms with van der Waals surface area (Å²) in [6.45, 7) is 7.41. The van der Waals surface area contributed by atoms with Gasteiger partial charge in [0.2, 0.25) is 0 Å². The van der Waals surface area contributed by atoms with Gasteiger partial charge in [-0.3, -0.25) is 0 Å². The molecule has 0 aliphatic rings. The molecule has 0 unspecified atom stereocenters. The maximum Gasteiger partial charge on any atom is 0.342 e. The van der Waals surface area contributed by atoms with E-state index >= 15 is 0 Å². The molecule has 3 nitrogen and oxygen atoms in total. The Kier molecular flexibility index (Phi) is 5.44. The molecular weight excluding hydrogens is 343 g/mol. The van der Waals surface area contributed by atoms with E-state index in [4.69, 9.17) is 4.74 Å². The van der Waals surface area contributed by atoms with E-state index in [0.717, 1.165) is 27.5 Å². The standard InChI is InChI=1S/C14H19IO3/c1-8(2)18-14(17)13-10(4)11(5-6-15)9(3)7-12(13)16/h7-8,16H,5-6H2,1-4H3. The highest BCUT2D eigenvalue weighted by atomic mass is 127. The Hall–Kier alpha value is -0.780. The van der Waals surface area contributed by atoms with Crippen LogP contribution in [0.25, 0.3) is 0 Å². The molecule has 4 heteroatoms. The molecule has 0 amide bonds. The first kappa shape index (κ1) is 15.3. The average molecular weight is 362 g/mol. The first-order chi connectivity index (χ1) is 8.38. The van der Waals surface area contributed by atoms with E-state index in [2.05, 4.69) is 22.6 Å². The van der Waals surface area contributed by atoms with Gasteiger partial charge in [-0.05, 0) is 56.9 Å². The van der Waals surface area contributed by atoms with Crippen LogP contribution in [0.4, 0.5) is 0 Å². The van der Waals surface area contributed by atoms with E-state index < -0.39 is 5.97 Å². The van der Waals surface area contributed by atoms with E-state index in [1.54, 1.807) is 19.9 Å². The van der Waals surface area contributed by atoms with Gasteiger partial charge in [-0.25, -0.2) is 4.79 Å². The summed E-state index contributed by atoms with van der Waals surface area (Å²) in [6.07, 6.45) is 0.700. The van der Waals surface area contributed by atoms with E-state index in [9.17, 15) is 9.90 Å². The average Bonchev–Trinajstić information content (AvgIpc) is 2.22. The molecular formula is C14H19IO3. The SMILES string of the molecule is Cc1cc(O)c(C(=O)OC(C)C)c(C)c1CCI. The summed E-state index contributed by atoms with van der Waals surface area (Å²) < 4.78 is 6.15. The molecule has 0 aliphatic heterocycles. The lowest BCUT2D eigenvalue weighted by atomic mass is 9.95. The second kappa shape index (κ2) is 6.41. The number of benzene rings is 1. The molecule has 0 aliphatic carbocycles. The zero-order chi connectivity index (χ0) is 13.9. The van der Waals surface area contributed by atoms with Crippen LogP contribution in [0.5, 0.6) is 5.75 Å². The number of carbonyl (C=O) groups excluding carboxylic acids is 1. The number of aromatic hydroxyl groups is 1. The predicted octanol–water partition coefficient (Wildman–Crippen LogP) is 3.55. The van der Waals surface area contributed by atoms with E-state index in [1.165, 1.54) is 0 Å². The Labute approximate surface area is 122 Å². The molecule has 1 rings (SSSR count). The summed E-state index contributed by atoms with van der Waals surface area (Å²) in [4.78, 5) is 12.0. The minimum absolute atomic E-state index is 0.00728. The molecule has 0 radical (unpaired) electrons. The van der Waals surface area contributed by atoms with Crippen molar-refractivity contribution in [2.24, 2.45) is 0 Å². The fourth-order valence-corrected chi connectivity index (χ4v) is 2.55. The van der Waals surface area contributed by atoms with E-state index in [1.807, 2.05) is 13.8 Å². The highest BCUT2D eigenvalue weighted by Crippen LogP contribution is 2.29. The largest absolute Gasteiger partial charge is 0.507 e. The van der Waals surface area contributed by atoms with Gasteiger partial charge < -0.3 is 9.84 Å². The van der Waals surface area contributed by atoms with Crippen LogP contribution in [0.15, 0.2) is 6.07 Å². The van der Waals surface area contributed by atoms with Crippen molar-refractivity contribution in [3.8, 4) is 5.75 Å². The zero-order valence-electron chi connectivity index (χ0n) is 11.2. The monoisotopic (exact) mass is 362 g/mol. The lowest BCUT2D eigenvalue weighted by Crippen LogP contribution is -2.14. The summed E-state index contributed by atoms with van der Waals surface area (Å²) in [6, 6.07) is 1.64. The van der Waals surface area contributed by atoms with E-state index in [-0.39, 0.29) is 11.9 Å². The molecule has 1 aromatic carbocycles. The van der Waals surface area contributed by atoms with Gasteiger partial charge in [0, 0.05) is 4.43 Å².